The number of benzene rings is 1. The molecule has 3 fully saturated rings. The van der Waals surface area contributed by atoms with Gasteiger partial charge in [0.15, 0.2) is 12.4 Å². The van der Waals surface area contributed by atoms with Gasteiger partial charge in [0.1, 0.15) is 17.5 Å². The van der Waals surface area contributed by atoms with Crippen LogP contribution in [0.3, 0.4) is 0 Å². The maximum atomic E-state index is 13.9. The quantitative estimate of drug-likeness (QED) is 0.399. The van der Waals surface area contributed by atoms with Crippen LogP contribution >= 0.6 is 23.2 Å². The first-order chi connectivity index (χ1) is 19.5. The van der Waals surface area contributed by atoms with E-state index >= 15 is 0 Å². The molecule has 3 aliphatic rings. The molecule has 2 amide bonds. The third-order valence-electron chi connectivity index (χ3n) is 8.79. The van der Waals surface area contributed by atoms with Crippen LogP contribution in [0, 0.1) is 23.7 Å². The average Bonchev–Trinajstić information content (AvgIpc) is 3.70. The molecule has 1 aliphatic heterocycles. The van der Waals surface area contributed by atoms with E-state index in [-0.39, 0.29) is 35.9 Å². The van der Waals surface area contributed by atoms with E-state index in [1.54, 1.807) is 36.9 Å². The molecule has 0 radical (unpaired) electrons. The van der Waals surface area contributed by atoms with Crippen LogP contribution in [0.1, 0.15) is 69.3 Å². The lowest BCUT2D eigenvalue weighted by Crippen LogP contribution is -2.53. The number of hydrogen-bond acceptors (Lipinski definition) is 6. The van der Waals surface area contributed by atoms with Gasteiger partial charge in [-0.15, -0.1) is 0 Å². The van der Waals surface area contributed by atoms with Crippen molar-refractivity contribution in [3.8, 4) is 0 Å². The maximum Gasteiger partial charge on any atom is 0.308 e. The summed E-state index contributed by atoms with van der Waals surface area (Å²) >= 11 is 12.5. The molecule has 1 aromatic heterocycles. The van der Waals surface area contributed by atoms with Gasteiger partial charge in [-0.1, -0.05) is 43.5 Å². The molecule has 1 aromatic carbocycles. The first kappa shape index (κ1) is 29.6. The standard InChI is InChI=1S/C30H35Cl2N3O6/c1-15(2)30(40)41-14-26(37)23(9-16-5-4-8-25(16)36)34-28(38)27-19-7-3-6-17(19)13-35(27)29(39)24-12-20-21(32)10-18(31)11-22(20)33-24/h10-12,15-17,19,23,27,33H,3-9,13-14H2,1-2H3,(H,34,38). The van der Waals surface area contributed by atoms with Crippen LogP contribution in [0.25, 0.3) is 10.9 Å². The van der Waals surface area contributed by atoms with Crippen molar-refractivity contribution in [1.82, 2.24) is 15.2 Å². The van der Waals surface area contributed by atoms with E-state index in [9.17, 15) is 24.0 Å². The molecule has 5 rings (SSSR count). The Labute approximate surface area is 248 Å². The van der Waals surface area contributed by atoms with E-state index in [0.717, 1.165) is 25.7 Å². The van der Waals surface area contributed by atoms with Gasteiger partial charge in [-0.25, -0.2) is 0 Å². The number of nitrogens with zero attached hydrogens (tertiary/aromatic N) is 1. The van der Waals surface area contributed by atoms with Crippen LogP contribution in [-0.4, -0.2) is 64.5 Å². The van der Waals surface area contributed by atoms with Gasteiger partial charge < -0.3 is 19.9 Å². The summed E-state index contributed by atoms with van der Waals surface area (Å²) in [5.74, 6) is -2.27. The van der Waals surface area contributed by atoms with Gasteiger partial charge in [-0.2, -0.15) is 0 Å². The number of likely N-dealkylation sites (tertiary alicyclic amines) is 1. The van der Waals surface area contributed by atoms with Crippen LogP contribution < -0.4 is 5.32 Å². The number of aromatic amines is 1. The molecular weight excluding hydrogens is 569 g/mol. The van der Waals surface area contributed by atoms with Crippen molar-refractivity contribution in [2.75, 3.05) is 13.2 Å². The first-order valence-corrected chi connectivity index (χ1v) is 15.1. The predicted molar refractivity (Wildman–Crippen MR) is 154 cm³/mol. The van der Waals surface area contributed by atoms with Crippen LogP contribution in [0.15, 0.2) is 18.2 Å². The van der Waals surface area contributed by atoms with Crippen molar-refractivity contribution in [3.63, 3.8) is 0 Å². The zero-order valence-corrected chi connectivity index (χ0v) is 24.7. The van der Waals surface area contributed by atoms with Crippen LogP contribution in [0.5, 0.6) is 0 Å². The summed E-state index contributed by atoms with van der Waals surface area (Å²) in [6.07, 6.45) is 4.68. The Morgan fingerprint density at radius 3 is 2.59 bits per heavy atom. The van der Waals surface area contributed by atoms with Crippen LogP contribution in [0.2, 0.25) is 10.0 Å². The minimum Gasteiger partial charge on any atom is -0.457 e. The summed E-state index contributed by atoms with van der Waals surface area (Å²) in [6, 6.07) is 3.19. The van der Waals surface area contributed by atoms with E-state index < -0.39 is 42.3 Å². The highest BCUT2D eigenvalue weighted by Gasteiger charge is 2.50. The smallest absolute Gasteiger partial charge is 0.308 e. The molecule has 2 saturated carbocycles. The number of hydrogen-bond donors (Lipinski definition) is 2. The number of fused-ring (bicyclic) bond motifs is 2. The zero-order chi connectivity index (χ0) is 29.4. The van der Waals surface area contributed by atoms with Crippen molar-refractivity contribution in [3.05, 3.63) is 33.9 Å². The van der Waals surface area contributed by atoms with E-state index in [1.165, 1.54) is 0 Å². The molecular formula is C30H35Cl2N3O6. The third-order valence-corrected chi connectivity index (χ3v) is 9.32. The average molecular weight is 605 g/mol. The fourth-order valence-electron chi connectivity index (χ4n) is 6.64. The minimum absolute atomic E-state index is 0.0380. The number of carbonyl (C=O) groups is 5. The molecule has 2 heterocycles. The molecule has 2 aromatic rings. The summed E-state index contributed by atoms with van der Waals surface area (Å²) in [6.45, 7) is 3.28. The number of aromatic nitrogens is 1. The van der Waals surface area contributed by atoms with E-state index in [1.807, 2.05) is 0 Å². The number of rotatable bonds is 9. The molecule has 1 saturated heterocycles. The second kappa shape index (κ2) is 12.1. The lowest BCUT2D eigenvalue weighted by Gasteiger charge is -2.29. The Hall–Kier alpha value is -2.91. The van der Waals surface area contributed by atoms with E-state index in [2.05, 4.69) is 10.3 Å². The number of nitrogens with one attached hydrogen (secondary N) is 2. The highest BCUT2D eigenvalue weighted by molar-refractivity contribution is 6.38. The second-order valence-electron chi connectivity index (χ2n) is 11.9. The van der Waals surface area contributed by atoms with Crippen molar-refractivity contribution in [1.29, 1.82) is 0 Å². The van der Waals surface area contributed by atoms with Gasteiger partial charge >= 0.3 is 5.97 Å². The van der Waals surface area contributed by atoms with E-state index in [4.69, 9.17) is 27.9 Å². The maximum absolute atomic E-state index is 13.9. The Morgan fingerprint density at radius 1 is 1.10 bits per heavy atom. The highest BCUT2D eigenvalue weighted by atomic mass is 35.5. The number of esters is 1. The summed E-state index contributed by atoms with van der Waals surface area (Å²) in [5.41, 5.74) is 0.917. The number of Topliss-reactive ketones (excluding diaryl/α,β-unsaturated/α-hetero) is 2. The molecule has 0 bridgehead atoms. The van der Waals surface area contributed by atoms with Gasteiger partial charge in [-0.3, -0.25) is 24.0 Å². The summed E-state index contributed by atoms with van der Waals surface area (Å²) in [7, 11) is 0. The van der Waals surface area contributed by atoms with Crippen LogP contribution in [0.4, 0.5) is 0 Å². The largest absolute Gasteiger partial charge is 0.457 e. The zero-order valence-electron chi connectivity index (χ0n) is 23.2. The Balaban J connectivity index is 1.38. The normalized spacial score (nSPS) is 24.6. The lowest BCUT2D eigenvalue weighted by atomic mass is 9.91. The number of carbonyl (C=O) groups excluding carboxylic acids is 5. The molecule has 0 spiro atoms. The van der Waals surface area contributed by atoms with Gasteiger partial charge in [0.05, 0.1) is 17.0 Å². The monoisotopic (exact) mass is 603 g/mol. The number of amides is 2. The molecule has 9 nitrogen and oxygen atoms in total. The summed E-state index contributed by atoms with van der Waals surface area (Å²) < 4.78 is 5.16. The summed E-state index contributed by atoms with van der Waals surface area (Å²) in [4.78, 5) is 70.1. The molecule has 11 heteroatoms. The van der Waals surface area contributed by atoms with Crippen molar-refractivity contribution in [2.45, 2.75) is 70.9 Å². The molecule has 220 valence electrons. The Kier molecular flexibility index (Phi) is 8.76. The predicted octanol–water partition coefficient (Wildman–Crippen LogP) is 4.73. The lowest BCUT2D eigenvalue weighted by molar-refractivity contribution is -0.151. The molecule has 5 unspecified atom stereocenters. The first-order valence-electron chi connectivity index (χ1n) is 14.3. The number of ketones is 2. The molecule has 2 aliphatic carbocycles. The van der Waals surface area contributed by atoms with Crippen molar-refractivity contribution in [2.24, 2.45) is 23.7 Å². The number of halogens is 2. The van der Waals surface area contributed by atoms with Gasteiger partial charge in [0.2, 0.25) is 5.91 Å². The Morgan fingerprint density at radius 2 is 1.88 bits per heavy atom. The topological polar surface area (TPSA) is 126 Å². The molecule has 2 N–H and O–H groups in total. The number of H-pyrrole nitrogens is 1. The fraction of sp³-hybridized carbons (Fsp3) is 0.567. The second-order valence-corrected chi connectivity index (χ2v) is 12.7. The van der Waals surface area contributed by atoms with Crippen molar-refractivity contribution >= 4 is 63.5 Å². The Bertz CT molecular complexity index is 1390. The van der Waals surface area contributed by atoms with Gasteiger partial charge in [0.25, 0.3) is 5.91 Å². The third kappa shape index (κ3) is 6.16. The number of ether oxygens (including phenoxy) is 1. The SMILES string of the molecule is CC(C)C(=O)OCC(=O)C(CC1CCCC1=O)NC(=O)C1C2CCCC2CN1C(=O)c1cc2c(Cl)cc(Cl)cc2[nH]1. The van der Waals surface area contributed by atoms with E-state index in [0.29, 0.717) is 46.0 Å². The summed E-state index contributed by atoms with van der Waals surface area (Å²) in [5, 5.41) is 4.38. The molecule has 41 heavy (non-hydrogen) atoms. The van der Waals surface area contributed by atoms with Crippen LogP contribution in [-0.2, 0) is 23.9 Å². The van der Waals surface area contributed by atoms with Crippen molar-refractivity contribution < 1.29 is 28.7 Å². The fourth-order valence-corrected chi connectivity index (χ4v) is 7.19. The highest BCUT2D eigenvalue weighted by Crippen LogP contribution is 2.43. The minimum atomic E-state index is -0.999. The molecule has 5 atom stereocenters. The van der Waals surface area contributed by atoms with Gasteiger partial charge in [-0.05, 0) is 62.1 Å². The van der Waals surface area contributed by atoms with Gasteiger partial charge in [0, 0.05) is 34.8 Å².